The third-order valence-corrected chi connectivity index (χ3v) is 3.76. The van der Waals surface area contributed by atoms with Gasteiger partial charge in [-0.05, 0) is 12.1 Å². The molecule has 2 heterocycles. The number of ether oxygens (including phenoxy) is 4. The van der Waals surface area contributed by atoms with Crippen LogP contribution >= 0.6 is 0 Å². The molecule has 0 fully saturated rings. The summed E-state index contributed by atoms with van der Waals surface area (Å²) in [5.41, 5.74) is 0. The van der Waals surface area contributed by atoms with Crippen molar-refractivity contribution in [3.63, 3.8) is 0 Å². The molecule has 1 aromatic rings. The number of carbonyl (C=O) groups excluding carboxylic acids is 1. The normalized spacial score (nSPS) is 21.0. The van der Waals surface area contributed by atoms with E-state index >= 15 is 0 Å². The maximum absolute atomic E-state index is 11.2. The minimum Gasteiger partial charge on any atom is -0.509 e. The van der Waals surface area contributed by atoms with Crippen LogP contribution in [0.25, 0.3) is 0 Å². The Morgan fingerprint density at radius 1 is 1.39 bits per heavy atom. The van der Waals surface area contributed by atoms with E-state index in [-0.39, 0.29) is 17.6 Å². The Morgan fingerprint density at radius 2 is 2.17 bits per heavy atom. The molecule has 124 valence electrons. The Hall–Kier alpha value is -2.41. The number of para-hydroxylation sites is 2. The first kappa shape index (κ1) is 15.5. The van der Waals surface area contributed by atoms with Crippen LogP contribution in [-0.2, 0) is 9.47 Å². The molecule has 1 N–H and O–H groups in total. The summed E-state index contributed by atoms with van der Waals surface area (Å²) in [6, 6.07) is 7.54. The van der Waals surface area contributed by atoms with Gasteiger partial charge < -0.3 is 24.1 Å². The average Bonchev–Trinajstić information content (AvgIpc) is 2.57. The summed E-state index contributed by atoms with van der Waals surface area (Å²) in [6.45, 7) is 2.04. The lowest BCUT2D eigenvalue weighted by atomic mass is 10.2. The zero-order valence-electron chi connectivity index (χ0n) is 12.9. The molecule has 0 saturated carbocycles. The summed E-state index contributed by atoms with van der Waals surface area (Å²) >= 11 is 0. The molecule has 7 heteroatoms. The van der Waals surface area contributed by atoms with Crippen molar-refractivity contribution in [1.29, 1.82) is 0 Å². The topological polar surface area (TPSA) is 77.5 Å². The SMILES string of the molecule is COC(=O)OC1=C(O)CCN(CC2COc3ccccc3O2)C1. The van der Waals surface area contributed by atoms with Crippen molar-refractivity contribution in [2.75, 3.05) is 33.4 Å². The largest absolute Gasteiger partial charge is 0.513 e. The number of carbonyl (C=O) groups is 1. The highest BCUT2D eigenvalue weighted by molar-refractivity contribution is 5.61. The van der Waals surface area contributed by atoms with Gasteiger partial charge in [0.05, 0.1) is 13.7 Å². The highest BCUT2D eigenvalue weighted by Gasteiger charge is 2.27. The van der Waals surface area contributed by atoms with Crippen LogP contribution in [0.5, 0.6) is 11.5 Å². The fraction of sp³-hybridized carbons (Fsp3) is 0.438. The van der Waals surface area contributed by atoms with Crippen LogP contribution in [0.1, 0.15) is 6.42 Å². The second-order valence-corrected chi connectivity index (χ2v) is 5.41. The molecule has 1 unspecified atom stereocenters. The van der Waals surface area contributed by atoms with E-state index in [9.17, 15) is 9.90 Å². The molecule has 1 aromatic carbocycles. The second kappa shape index (κ2) is 6.78. The Kier molecular flexibility index (Phi) is 4.57. The number of aliphatic hydroxyl groups excluding tert-OH is 1. The van der Waals surface area contributed by atoms with E-state index in [0.29, 0.717) is 32.7 Å². The van der Waals surface area contributed by atoms with Crippen molar-refractivity contribution in [2.24, 2.45) is 0 Å². The zero-order chi connectivity index (χ0) is 16.2. The highest BCUT2D eigenvalue weighted by Crippen LogP contribution is 2.31. The van der Waals surface area contributed by atoms with Gasteiger partial charge in [0.2, 0.25) is 0 Å². The van der Waals surface area contributed by atoms with Crippen LogP contribution in [0.15, 0.2) is 35.8 Å². The lowest BCUT2D eigenvalue weighted by Crippen LogP contribution is -2.44. The number of rotatable bonds is 3. The molecule has 0 aromatic heterocycles. The Morgan fingerprint density at radius 3 is 2.96 bits per heavy atom. The number of fused-ring (bicyclic) bond motifs is 1. The maximum Gasteiger partial charge on any atom is 0.513 e. The summed E-state index contributed by atoms with van der Waals surface area (Å²) in [5.74, 6) is 1.78. The van der Waals surface area contributed by atoms with Gasteiger partial charge in [0.15, 0.2) is 17.3 Å². The van der Waals surface area contributed by atoms with Gasteiger partial charge in [-0.3, -0.25) is 4.90 Å². The van der Waals surface area contributed by atoms with Gasteiger partial charge in [-0.15, -0.1) is 0 Å². The van der Waals surface area contributed by atoms with Gasteiger partial charge in [0, 0.05) is 19.5 Å². The summed E-state index contributed by atoms with van der Waals surface area (Å²) in [7, 11) is 1.23. The summed E-state index contributed by atoms with van der Waals surface area (Å²) in [4.78, 5) is 13.2. The van der Waals surface area contributed by atoms with Crippen LogP contribution in [-0.4, -0.2) is 55.6 Å². The smallest absolute Gasteiger partial charge is 0.509 e. The molecule has 0 spiro atoms. The summed E-state index contributed by atoms with van der Waals surface area (Å²) in [5, 5.41) is 9.83. The van der Waals surface area contributed by atoms with Crippen molar-refractivity contribution < 1.29 is 28.8 Å². The Bertz CT molecular complexity index is 614. The molecule has 7 nitrogen and oxygen atoms in total. The van der Waals surface area contributed by atoms with Crippen LogP contribution in [0, 0.1) is 0 Å². The number of methoxy groups -OCH3 is 1. The third kappa shape index (κ3) is 3.68. The Balaban J connectivity index is 1.58. The predicted octanol–water partition coefficient (Wildman–Crippen LogP) is 2.08. The quantitative estimate of drug-likeness (QED) is 0.854. The number of benzene rings is 1. The number of aliphatic hydroxyl groups is 1. The molecular weight excluding hydrogens is 302 g/mol. The molecule has 0 radical (unpaired) electrons. The molecule has 0 amide bonds. The number of hydrogen-bond donors (Lipinski definition) is 1. The minimum atomic E-state index is -0.834. The minimum absolute atomic E-state index is 0.0813. The Labute approximate surface area is 134 Å². The monoisotopic (exact) mass is 321 g/mol. The van der Waals surface area contributed by atoms with E-state index < -0.39 is 6.16 Å². The molecule has 0 saturated heterocycles. The van der Waals surface area contributed by atoms with E-state index in [1.165, 1.54) is 7.11 Å². The lowest BCUT2D eigenvalue weighted by Gasteiger charge is -2.33. The molecule has 3 rings (SSSR count). The van der Waals surface area contributed by atoms with E-state index in [2.05, 4.69) is 4.74 Å². The molecule has 0 bridgehead atoms. The fourth-order valence-corrected chi connectivity index (χ4v) is 2.61. The van der Waals surface area contributed by atoms with Gasteiger partial charge >= 0.3 is 6.16 Å². The van der Waals surface area contributed by atoms with Crippen molar-refractivity contribution in [1.82, 2.24) is 4.90 Å². The van der Waals surface area contributed by atoms with Crippen LogP contribution in [0.3, 0.4) is 0 Å². The molecule has 23 heavy (non-hydrogen) atoms. The maximum atomic E-state index is 11.2. The number of hydrogen-bond acceptors (Lipinski definition) is 7. The molecule has 2 aliphatic rings. The van der Waals surface area contributed by atoms with Gasteiger partial charge in [0.1, 0.15) is 18.5 Å². The number of nitrogens with zero attached hydrogens (tertiary/aromatic N) is 1. The highest BCUT2D eigenvalue weighted by atomic mass is 16.7. The predicted molar refractivity (Wildman–Crippen MR) is 80.6 cm³/mol. The fourth-order valence-electron chi connectivity index (χ4n) is 2.61. The zero-order valence-corrected chi connectivity index (χ0v) is 12.9. The lowest BCUT2D eigenvalue weighted by molar-refractivity contribution is 0.0451. The van der Waals surface area contributed by atoms with Crippen LogP contribution < -0.4 is 9.47 Å². The summed E-state index contributed by atoms with van der Waals surface area (Å²) < 4.78 is 21.0. The molecule has 1 atom stereocenters. The van der Waals surface area contributed by atoms with Crippen LogP contribution in [0.2, 0.25) is 0 Å². The first-order valence-corrected chi connectivity index (χ1v) is 7.43. The standard InChI is InChI=1S/C16H19NO6/c1-20-16(19)23-15-9-17(7-6-12(15)18)8-11-10-21-13-4-2-3-5-14(13)22-11/h2-5,11,18H,6-10H2,1H3. The van der Waals surface area contributed by atoms with Gasteiger partial charge in [-0.1, -0.05) is 12.1 Å². The van der Waals surface area contributed by atoms with E-state index in [1.54, 1.807) is 0 Å². The van der Waals surface area contributed by atoms with E-state index in [4.69, 9.17) is 14.2 Å². The van der Waals surface area contributed by atoms with Crippen molar-refractivity contribution in [2.45, 2.75) is 12.5 Å². The van der Waals surface area contributed by atoms with Crippen molar-refractivity contribution in [3.8, 4) is 11.5 Å². The first-order valence-electron chi connectivity index (χ1n) is 7.43. The molecular formula is C16H19NO6. The van der Waals surface area contributed by atoms with Gasteiger partial charge in [0.25, 0.3) is 0 Å². The summed E-state index contributed by atoms with van der Waals surface area (Å²) in [6.07, 6.45) is -0.541. The van der Waals surface area contributed by atoms with Crippen molar-refractivity contribution >= 4 is 6.16 Å². The van der Waals surface area contributed by atoms with Crippen molar-refractivity contribution in [3.05, 3.63) is 35.8 Å². The van der Waals surface area contributed by atoms with Crippen LogP contribution in [0.4, 0.5) is 4.79 Å². The van der Waals surface area contributed by atoms with Gasteiger partial charge in [-0.25, -0.2) is 4.79 Å². The average molecular weight is 321 g/mol. The second-order valence-electron chi connectivity index (χ2n) is 5.41. The molecule has 2 aliphatic heterocycles. The van der Waals surface area contributed by atoms with E-state index in [1.807, 2.05) is 29.2 Å². The third-order valence-electron chi connectivity index (χ3n) is 3.76. The van der Waals surface area contributed by atoms with E-state index in [0.717, 1.165) is 11.5 Å². The van der Waals surface area contributed by atoms with Gasteiger partial charge in [-0.2, -0.15) is 0 Å². The first-order chi connectivity index (χ1) is 11.2. The molecule has 0 aliphatic carbocycles.